The Kier molecular flexibility index (Phi) is 5.92. The minimum absolute atomic E-state index is 0.184. The molecule has 25 heavy (non-hydrogen) atoms. The average Bonchev–Trinajstić information content (AvgIpc) is 2.56. The maximum absolute atomic E-state index is 12.5. The number of carbonyl (C=O) groups excluding carboxylic acids is 1. The van der Waals surface area contributed by atoms with Gasteiger partial charge in [-0.15, -0.1) is 0 Å². The van der Waals surface area contributed by atoms with E-state index in [2.05, 4.69) is 5.32 Å². The number of sulfonamides is 1. The largest absolute Gasteiger partial charge is 0.494 e. The molecule has 0 radical (unpaired) electrons. The Hall–Kier alpha value is -2.25. The van der Waals surface area contributed by atoms with Crippen molar-refractivity contribution >= 4 is 38.9 Å². The number of anilines is 2. The Balaban J connectivity index is 2.23. The number of hydrogen-bond acceptors (Lipinski definition) is 4. The summed E-state index contributed by atoms with van der Waals surface area (Å²) < 4.78 is 29.7. The molecule has 0 atom stereocenters. The first kappa shape index (κ1) is 19.1. The van der Waals surface area contributed by atoms with Gasteiger partial charge in [-0.3, -0.25) is 9.10 Å². The normalized spacial score (nSPS) is 11.0. The first-order valence-corrected chi connectivity index (χ1v) is 9.72. The van der Waals surface area contributed by atoms with Crippen molar-refractivity contribution < 1.29 is 17.9 Å². The number of hydrogen-bond donors (Lipinski definition) is 1. The van der Waals surface area contributed by atoms with E-state index in [9.17, 15) is 13.2 Å². The smallest absolute Gasteiger partial charge is 0.257 e. The van der Waals surface area contributed by atoms with Gasteiger partial charge in [0.25, 0.3) is 5.91 Å². The van der Waals surface area contributed by atoms with Gasteiger partial charge in [0.2, 0.25) is 10.0 Å². The maximum atomic E-state index is 12.5. The number of halogens is 1. The predicted octanol–water partition coefficient (Wildman–Crippen LogP) is 3.39. The summed E-state index contributed by atoms with van der Waals surface area (Å²) >= 11 is 6.09. The topological polar surface area (TPSA) is 75.7 Å². The number of nitrogens with one attached hydrogen (secondary N) is 1. The van der Waals surface area contributed by atoms with Crippen LogP contribution >= 0.6 is 11.6 Å². The van der Waals surface area contributed by atoms with E-state index in [-0.39, 0.29) is 10.6 Å². The predicted molar refractivity (Wildman–Crippen MR) is 100 cm³/mol. The molecule has 0 unspecified atom stereocenters. The minimum atomic E-state index is -3.44. The Bertz CT molecular complexity index is 867. The van der Waals surface area contributed by atoms with Crippen LogP contribution in [0.2, 0.25) is 5.02 Å². The Morgan fingerprint density at radius 1 is 1.20 bits per heavy atom. The number of amides is 1. The van der Waals surface area contributed by atoms with Crippen LogP contribution in [0.3, 0.4) is 0 Å². The number of benzene rings is 2. The van der Waals surface area contributed by atoms with Crippen molar-refractivity contribution in [3.05, 3.63) is 53.1 Å². The summed E-state index contributed by atoms with van der Waals surface area (Å²) in [7, 11) is -2.03. The minimum Gasteiger partial charge on any atom is -0.494 e. The van der Waals surface area contributed by atoms with E-state index in [1.807, 2.05) is 6.92 Å². The second kappa shape index (κ2) is 7.76. The Morgan fingerprint density at radius 3 is 2.40 bits per heavy atom. The van der Waals surface area contributed by atoms with E-state index in [4.69, 9.17) is 16.3 Å². The zero-order valence-electron chi connectivity index (χ0n) is 14.1. The molecule has 0 aromatic heterocycles. The van der Waals surface area contributed by atoms with E-state index < -0.39 is 15.9 Å². The maximum Gasteiger partial charge on any atom is 0.257 e. The standard InChI is InChI=1S/C17H19ClN2O4S/c1-4-24-14-8-5-12(6-9-14)19-17(21)15-11-13(7-10-16(15)18)20(2)25(3,22)23/h5-11H,4H2,1-3H3,(H,19,21). The van der Waals surface area contributed by atoms with Crippen LogP contribution in [0.15, 0.2) is 42.5 Å². The van der Waals surface area contributed by atoms with Gasteiger partial charge in [0, 0.05) is 12.7 Å². The lowest BCUT2D eigenvalue weighted by Crippen LogP contribution is -2.25. The zero-order valence-corrected chi connectivity index (χ0v) is 15.7. The van der Waals surface area contributed by atoms with E-state index >= 15 is 0 Å². The molecule has 0 spiro atoms. The molecule has 8 heteroatoms. The van der Waals surface area contributed by atoms with Crippen molar-refractivity contribution in [2.75, 3.05) is 29.5 Å². The molecular weight excluding hydrogens is 364 g/mol. The lowest BCUT2D eigenvalue weighted by atomic mass is 10.1. The van der Waals surface area contributed by atoms with Gasteiger partial charge in [0.1, 0.15) is 5.75 Å². The number of carbonyl (C=O) groups is 1. The van der Waals surface area contributed by atoms with E-state index in [0.29, 0.717) is 23.7 Å². The number of ether oxygens (including phenoxy) is 1. The van der Waals surface area contributed by atoms with Gasteiger partial charge in [-0.1, -0.05) is 11.6 Å². The fourth-order valence-corrected chi connectivity index (χ4v) is 2.77. The van der Waals surface area contributed by atoms with Crippen molar-refractivity contribution in [2.45, 2.75) is 6.92 Å². The van der Waals surface area contributed by atoms with E-state index in [0.717, 1.165) is 10.6 Å². The van der Waals surface area contributed by atoms with Crippen LogP contribution in [0.5, 0.6) is 5.75 Å². The summed E-state index contributed by atoms with van der Waals surface area (Å²) in [5, 5.41) is 2.96. The molecule has 0 aliphatic carbocycles. The van der Waals surface area contributed by atoms with Crippen molar-refractivity contribution in [3.63, 3.8) is 0 Å². The summed E-state index contributed by atoms with van der Waals surface area (Å²) in [5.41, 5.74) is 1.11. The molecule has 2 aromatic carbocycles. The zero-order chi connectivity index (χ0) is 18.6. The first-order chi connectivity index (χ1) is 11.7. The van der Waals surface area contributed by atoms with Crippen LogP contribution < -0.4 is 14.4 Å². The van der Waals surface area contributed by atoms with Crippen molar-refractivity contribution in [1.82, 2.24) is 0 Å². The van der Waals surface area contributed by atoms with Gasteiger partial charge >= 0.3 is 0 Å². The fraction of sp³-hybridized carbons (Fsp3) is 0.235. The van der Waals surface area contributed by atoms with Gasteiger partial charge in [-0.05, 0) is 49.4 Å². The molecule has 0 fully saturated rings. The molecule has 1 amide bonds. The lowest BCUT2D eigenvalue weighted by molar-refractivity contribution is 0.102. The summed E-state index contributed by atoms with van der Waals surface area (Å²) in [4.78, 5) is 12.5. The molecule has 0 heterocycles. The van der Waals surface area contributed by atoms with Crippen LogP contribution in [-0.4, -0.2) is 34.2 Å². The summed E-state index contributed by atoms with van der Waals surface area (Å²) in [6, 6.07) is 11.4. The molecule has 2 rings (SSSR count). The van der Waals surface area contributed by atoms with Gasteiger partial charge < -0.3 is 10.1 Å². The number of nitrogens with zero attached hydrogens (tertiary/aromatic N) is 1. The molecule has 6 nitrogen and oxygen atoms in total. The summed E-state index contributed by atoms with van der Waals surface area (Å²) in [6.45, 7) is 2.44. The molecule has 0 saturated carbocycles. The SMILES string of the molecule is CCOc1ccc(NC(=O)c2cc(N(C)S(C)(=O)=O)ccc2Cl)cc1. The highest BCUT2D eigenvalue weighted by atomic mass is 35.5. The average molecular weight is 383 g/mol. The lowest BCUT2D eigenvalue weighted by Gasteiger charge is -2.18. The van der Waals surface area contributed by atoms with Crippen molar-refractivity contribution in [2.24, 2.45) is 0 Å². The second-order valence-electron chi connectivity index (χ2n) is 5.31. The third-order valence-electron chi connectivity index (χ3n) is 3.48. The summed E-state index contributed by atoms with van der Waals surface area (Å²) in [5.74, 6) is 0.271. The fourth-order valence-electron chi connectivity index (χ4n) is 2.07. The van der Waals surface area contributed by atoms with Crippen LogP contribution in [0, 0.1) is 0 Å². The molecule has 1 N–H and O–H groups in total. The van der Waals surface area contributed by atoms with Gasteiger partial charge in [-0.2, -0.15) is 0 Å². The van der Waals surface area contributed by atoms with E-state index in [1.165, 1.54) is 25.2 Å². The van der Waals surface area contributed by atoms with Crippen LogP contribution in [0.25, 0.3) is 0 Å². The molecule has 0 bridgehead atoms. The quantitative estimate of drug-likeness (QED) is 0.830. The molecule has 0 saturated heterocycles. The second-order valence-corrected chi connectivity index (χ2v) is 7.73. The third kappa shape index (κ3) is 4.87. The highest BCUT2D eigenvalue weighted by Gasteiger charge is 2.17. The Morgan fingerprint density at radius 2 is 1.84 bits per heavy atom. The van der Waals surface area contributed by atoms with Crippen LogP contribution in [0.4, 0.5) is 11.4 Å². The van der Waals surface area contributed by atoms with Crippen LogP contribution in [-0.2, 0) is 10.0 Å². The molecule has 134 valence electrons. The third-order valence-corrected chi connectivity index (χ3v) is 5.01. The molecule has 0 aliphatic rings. The Labute approximate surface area is 152 Å². The van der Waals surface area contributed by atoms with Crippen molar-refractivity contribution in [1.29, 1.82) is 0 Å². The molecule has 0 aliphatic heterocycles. The molecule has 2 aromatic rings. The monoisotopic (exact) mass is 382 g/mol. The first-order valence-electron chi connectivity index (χ1n) is 7.50. The highest BCUT2D eigenvalue weighted by molar-refractivity contribution is 7.92. The van der Waals surface area contributed by atoms with Gasteiger partial charge in [0.05, 0.1) is 29.1 Å². The van der Waals surface area contributed by atoms with Crippen molar-refractivity contribution in [3.8, 4) is 5.75 Å². The van der Waals surface area contributed by atoms with Gasteiger partial charge in [-0.25, -0.2) is 8.42 Å². The number of rotatable bonds is 6. The van der Waals surface area contributed by atoms with Gasteiger partial charge in [0.15, 0.2) is 0 Å². The van der Waals surface area contributed by atoms with E-state index in [1.54, 1.807) is 24.3 Å². The molecular formula is C17H19ClN2O4S. The van der Waals surface area contributed by atoms with Crippen LogP contribution in [0.1, 0.15) is 17.3 Å². The highest BCUT2D eigenvalue weighted by Crippen LogP contribution is 2.25. The summed E-state index contributed by atoms with van der Waals surface area (Å²) in [6.07, 6.45) is 1.08.